The standard InChI is InChI=1S/C19H21N3O2S/c1-5-12(2)22-11-13(14-8-6-7-9-16(14)22)10-15-17(23)20(3)19(25)21(4)18(15)24/h6-12H,5H2,1-4H3/t12-/m1/s1. The molecule has 2 heterocycles. The Hall–Kier alpha value is -2.47. The van der Waals surface area contributed by atoms with Crippen molar-refractivity contribution in [1.82, 2.24) is 14.4 Å². The molecule has 2 aromatic rings. The number of hydrogen-bond donors (Lipinski definition) is 0. The fraction of sp³-hybridized carbons (Fsp3) is 0.316. The van der Waals surface area contributed by atoms with E-state index in [-0.39, 0.29) is 22.5 Å². The molecule has 1 aliphatic heterocycles. The van der Waals surface area contributed by atoms with Gasteiger partial charge >= 0.3 is 0 Å². The molecule has 1 aromatic heterocycles. The predicted molar refractivity (Wildman–Crippen MR) is 103 cm³/mol. The Morgan fingerprint density at radius 2 is 1.72 bits per heavy atom. The molecular formula is C19H21N3O2S. The van der Waals surface area contributed by atoms with Crippen molar-refractivity contribution in [2.24, 2.45) is 0 Å². The lowest BCUT2D eigenvalue weighted by Crippen LogP contribution is -2.52. The second-order valence-electron chi connectivity index (χ2n) is 6.34. The van der Waals surface area contributed by atoms with Gasteiger partial charge in [-0.3, -0.25) is 19.4 Å². The van der Waals surface area contributed by atoms with Crippen LogP contribution in [0.3, 0.4) is 0 Å². The first kappa shape index (κ1) is 17.4. The maximum absolute atomic E-state index is 12.5. The molecule has 0 bridgehead atoms. The number of likely N-dealkylation sites (N-methyl/N-ethyl adjacent to an activating group) is 2. The van der Waals surface area contributed by atoms with Crippen LogP contribution in [-0.2, 0) is 9.59 Å². The first-order valence-corrected chi connectivity index (χ1v) is 8.69. The van der Waals surface area contributed by atoms with Crippen LogP contribution in [-0.4, -0.2) is 45.4 Å². The van der Waals surface area contributed by atoms with Crippen molar-refractivity contribution >= 4 is 46.1 Å². The van der Waals surface area contributed by atoms with E-state index >= 15 is 0 Å². The topological polar surface area (TPSA) is 45.6 Å². The summed E-state index contributed by atoms with van der Waals surface area (Å²) in [6, 6.07) is 8.35. The van der Waals surface area contributed by atoms with Crippen molar-refractivity contribution in [3.05, 3.63) is 41.6 Å². The number of nitrogens with zero attached hydrogens (tertiary/aromatic N) is 3. The number of rotatable bonds is 3. The summed E-state index contributed by atoms with van der Waals surface area (Å²) >= 11 is 5.13. The number of para-hydroxylation sites is 1. The van der Waals surface area contributed by atoms with E-state index in [4.69, 9.17) is 12.2 Å². The molecule has 6 heteroatoms. The minimum atomic E-state index is -0.367. The maximum Gasteiger partial charge on any atom is 0.265 e. The molecule has 3 rings (SSSR count). The van der Waals surface area contributed by atoms with Crippen molar-refractivity contribution in [3.63, 3.8) is 0 Å². The van der Waals surface area contributed by atoms with Crippen LogP contribution < -0.4 is 0 Å². The van der Waals surface area contributed by atoms with E-state index < -0.39 is 0 Å². The minimum absolute atomic E-state index is 0.130. The maximum atomic E-state index is 12.5. The van der Waals surface area contributed by atoms with E-state index in [9.17, 15) is 9.59 Å². The van der Waals surface area contributed by atoms with Crippen LogP contribution in [0.2, 0.25) is 0 Å². The normalized spacial score (nSPS) is 16.8. The Morgan fingerprint density at radius 3 is 2.32 bits per heavy atom. The van der Waals surface area contributed by atoms with E-state index in [2.05, 4.69) is 24.5 Å². The van der Waals surface area contributed by atoms with Gasteiger partial charge in [0, 0.05) is 42.8 Å². The number of benzene rings is 1. The number of thiocarbonyl (C=S) groups is 1. The van der Waals surface area contributed by atoms with Crippen LogP contribution in [0.5, 0.6) is 0 Å². The van der Waals surface area contributed by atoms with Crippen molar-refractivity contribution in [1.29, 1.82) is 0 Å². The van der Waals surface area contributed by atoms with Crippen LogP contribution in [0.25, 0.3) is 17.0 Å². The average molecular weight is 355 g/mol. The van der Waals surface area contributed by atoms with E-state index in [1.54, 1.807) is 20.2 Å². The lowest BCUT2D eigenvalue weighted by molar-refractivity contribution is -0.132. The summed E-state index contributed by atoms with van der Waals surface area (Å²) in [5.74, 6) is -0.734. The Balaban J connectivity index is 2.17. The Morgan fingerprint density at radius 1 is 1.12 bits per heavy atom. The molecule has 0 N–H and O–H groups in total. The monoisotopic (exact) mass is 355 g/mol. The summed E-state index contributed by atoms with van der Waals surface area (Å²) in [5.41, 5.74) is 2.09. The molecule has 1 fully saturated rings. The van der Waals surface area contributed by atoms with Gasteiger partial charge in [-0.25, -0.2) is 0 Å². The molecule has 1 aliphatic rings. The van der Waals surface area contributed by atoms with Gasteiger partial charge in [0.2, 0.25) is 0 Å². The van der Waals surface area contributed by atoms with Gasteiger partial charge in [-0.2, -0.15) is 0 Å². The molecule has 1 saturated heterocycles. The average Bonchev–Trinajstić information content (AvgIpc) is 3.00. The quantitative estimate of drug-likeness (QED) is 0.482. The van der Waals surface area contributed by atoms with Crippen LogP contribution >= 0.6 is 12.2 Å². The highest BCUT2D eigenvalue weighted by molar-refractivity contribution is 7.80. The van der Waals surface area contributed by atoms with E-state index in [1.165, 1.54) is 9.80 Å². The molecule has 1 atom stereocenters. The minimum Gasteiger partial charge on any atom is -0.344 e. The lowest BCUT2D eigenvalue weighted by Gasteiger charge is -2.31. The molecular weight excluding hydrogens is 334 g/mol. The zero-order chi connectivity index (χ0) is 18.3. The van der Waals surface area contributed by atoms with Crippen molar-refractivity contribution < 1.29 is 9.59 Å². The van der Waals surface area contributed by atoms with Crippen LogP contribution in [0, 0.1) is 0 Å². The second kappa shape index (κ2) is 6.44. The molecule has 2 amide bonds. The van der Waals surface area contributed by atoms with Gasteiger partial charge in [0.1, 0.15) is 5.57 Å². The molecule has 0 saturated carbocycles. The van der Waals surface area contributed by atoms with Crippen LogP contribution in [0.4, 0.5) is 0 Å². The zero-order valence-electron chi connectivity index (χ0n) is 14.8. The van der Waals surface area contributed by atoms with Crippen molar-refractivity contribution in [2.45, 2.75) is 26.3 Å². The molecule has 130 valence electrons. The summed E-state index contributed by atoms with van der Waals surface area (Å²) in [4.78, 5) is 27.7. The van der Waals surface area contributed by atoms with Crippen molar-refractivity contribution in [3.8, 4) is 0 Å². The van der Waals surface area contributed by atoms with Crippen LogP contribution in [0.15, 0.2) is 36.0 Å². The third-order valence-corrected chi connectivity index (χ3v) is 5.33. The smallest absolute Gasteiger partial charge is 0.265 e. The molecule has 0 unspecified atom stereocenters. The van der Waals surface area contributed by atoms with Gasteiger partial charge in [0.05, 0.1) is 0 Å². The van der Waals surface area contributed by atoms with Gasteiger partial charge < -0.3 is 4.57 Å². The van der Waals surface area contributed by atoms with Crippen LogP contribution in [0.1, 0.15) is 31.9 Å². The number of hydrogen-bond acceptors (Lipinski definition) is 3. The Kier molecular flexibility index (Phi) is 4.47. The van der Waals surface area contributed by atoms with Gasteiger partial charge in [-0.05, 0) is 37.7 Å². The second-order valence-corrected chi connectivity index (χ2v) is 6.70. The first-order valence-electron chi connectivity index (χ1n) is 8.28. The number of carbonyl (C=O) groups is 2. The largest absolute Gasteiger partial charge is 0.344 e. The lowest BCUT2D eigenvalue weighted by atomic mass is 10.1. The fourth-order valence-electron chi connectivity index (χ4n) is 3.04. The highest BCUT2D eigenvalue weighted by Crippen LogP contribution is 2.28. The summed E-state index contributed by atoms with van der Waals surface area (Å²) in [7, 11) is 3.17. The van der Waals surface area contributed by atoms with Gasteiger partial charge in [-0.15, -0.1) is 0 Å². The molecule has 0 spiro atoms. The zero-order valence-corrected chi connectivity index (χ0v) is 15.6. The van der Waals surface area contributed by atoms with Gasteiger partial charge in [0.25, 0.3) is 11.8 Å². The molecule has 25 heavy (non-hydrogen) atoms. The third kappa shape index (κ3) is 2.76. The summed E-state index contributed by atoms with van der Waals surface area (Å²) in [6.45, 7) is 4.29. The molecule has 5 nitrogen and oxygen atoms in total. The SMILES string of the molecule is CC[C@@H](C)n1cc(C=C2C(=O)N(C)C(=S)N(C)C2=O)c2ccccc21. The predicted octanol–water partition coefficient (Wildman–Crippen LogP) is 3.21. The van der Waals surface area contributed by atoms with E-state index in [0.717, 1.165) is 22.9 Å². The van der Waals surface area contributed by atoms with E-state index in [0.29, 0.717) is 6.04 Å². The Bertz CT molecular complexity index is 887. The summed E-state index contributed by atoms with van der Waals surface area (Å²) in [5, 5.41) is 1.24. The Labute approximate surface area is 152 Å². The summed E-state index contributed by atoms with van der Waals surface area (Å²) < 4.78 is 2.19. The number of amides is 2. The van der Waals surface area contributed by atoms with E-state index in [1.807, 2.05) is 24.4 Å². The first-order chi connectivity index (χ1) is 11.9. The number of aromatic nitrogens is 1. The summed E-state index contributed by atoms with van der Waals surface area (Å²) in [6.07, 6.45) is 4.69. The molecule has 0 aliphatic carbocycles. The van der Waals surface area contributed by atoms with Crippen molar-refractivity contribution in [2.75, 3.05) is 14.1 Å². The van der Waals surface area contributed by atoms with Gasteiger partial charge in [-0.1, -0.05) is 25.1 Å². The van der Waals surface area contributed by atoms with Gasteiger partial charge in [0.15, 0.2) is 5.11 Å². The molecule has 1 aromatic carbocycles. The highest BCUT2D eigenvalue weighted by atomic mass is 32.1. The third-order valence-electron chi connectivity index (χ3n) is 4.78. The fourth-order valence-corrected chi connectivity index (χ4v) is 3.20. The number of fused-ring (bicyclic) bond motifs is 1. The molecule has 0 radical (unpaired) electrons. The number of carbonyl (C=O) groups excluding carboxylic acids is 2. The highest BCUT2D eigenvalue weighted by Gasteiger charge is 2.35.